The molecule has 98 valence electrons. The van der Waals surface area contributed by atoms with Crippen LogP contribution in [0.15, 0.2) is 6.58 Å². The van der Waals surface area contributed by atoms with Gasteiger partial charge in [-0.25, -0.2) is 17.6 Å². The van der Waals surface area contributed by atoms with Crippen LogP contribution in [0.1, 0.15) is 37.8 Å². The first kappa shape index (κ1) is 14.8. The third-order valence-electron chi connectivity index (χ3n) is 3.67. The maximum atomic E-state index is 13.9. The van der Waals surface area contributed by atoms with Crippen LogP contribution < -0.4 is 0 Å². The van der Waals surface area contributed by atoms with E-state index < -0.39 is 39.7 Å². The highest BCUT2D eigenvalue weighted by molar-refractivity contribution is 6.16. The van der Waals surface area contributed by atoms with Crippen molar-refractivity contribution in [1.29, 1.82) is 0 Å². The molecule has 0 spiro atoms. The normalized spacial score (nSPS) is 11.7. The van der Waals surface area contributed by atoms with Crippen molar-refractivity contribution in [2.24, 2.45) is 0 Å². The molecular weight excluding hydrogens is 243 g/mol. The van der Waals surface area contributed by atoms with Crippen LogP contribution in [-0.2, 0) is 5.31 Å². The molecule has 0 aromatic heterocycles. The lowest BCUT2D eigenvalue weighted by Crippen LogP contribution is -2.29. The van der Waals surface area contributed by atoms with Crippen LogP contribution in [0, 0.1) is 23.3 Å². The minimum absolute atomic E-state index is 0.379. The summed E-state index contributed by atoms with van der Waals surface area (Å²) >= 11 is 0. The van der Waals surface area contributed by atoms with Crippen molar-refractivity contribution in [3.8, 4) is 0 Å². The number of hydrogen-bond acceptors (Lipinski definition) is 0. The predicted octanol–water partition coefficient (Wildman–Crippen LogP) is 3.53. The molecule has 0 atom stereocenters. The first-order chi connectivity index (χ1) is 8.33. The van der Waals surface area contributed by atoms with Crippen LogP contribution >= 0.6 is 0 Å². The van der Waals surface area contributed by atoms with E-state index in [2.05, 4.69) is 6.58 Å². The molecule has 0 aliphatic carbocycles. The van der Waals surface area contributed by atoms with Crippen LogP contribution in [0.25, 0.3) is 6.08 Å². The molecule has 0 amide bonds. The Morgan fingerprint density at radius 2 is 1.39 bits per heavy atom. The molecule has 0 N–H and O–H groups in total. The first-order valence-corrected chi connectivity index (χ1v) is 5.82. The van der Waals surface area contributed by atoms with E-state index in [-0.39, 0.29) is 0 Å². The third kappa shape index (κ3) is 2.06. The summed E-state index contributed by atoms with van der Waals surface area (Å²) in [4.78, 5) is 0. The standard InChI is InChI=1S/C13H15BF4/c1-4-7-9(15)11(17)8(12(18)10(7)16)13(14,5-2)6-3/h4H,1,5-6,14H2,2-3H3. The van der Waals surface area contributed by atoms with Gasteiger partial charge in [0.25, 0.3) is 0 Å². The highest BCUT2D eigenvalue weighted by Crippen LogP contribution is 2.36. The van der Waals surface area contributed by atoms with Gasteiger partial charge in [-0.15, -0.1) is 0 Å². The van der Waals surface area contributed by atoms with Crippen molar-refractivity contribution in [3.05, 3.63) is 41.0 Å². The molecule has 0 bridgehead atoms. The monoisotopic (exact) mass is 258 g/mol. The summed E-state index contributed by atoms with van der Waals surface area (Å²) in [6.45, 7) is 6.60. The summed E-state index contributed by atoms with van der Waals surface area (Å²) in [5.41, 5.74) is -1.28. The van der Waals surface area contributed by atoms with E-state index in [1.807, 2.05) is 0 Å². The Labute approximate surface area is 105 Å². The van der Waals surface area contributed by atoms with Crippen LogP contribution in [0.2, 0.25) is 0 Å². The Morgan fingerprint density at radius 3 is 1.67 bits per heavy atom. The fourth-order valence-corrected chi connectivity index (χ4v) is 1.96. The van der Waals surface area contributed by atoms with Crippen molar-refractivity contribution < 1.29 is 17.6 Å². The first-order valence-electron chi connectivity index (χ1n) is 5.82. The van der Waals surface area contributed by atoms with Crippen LogP contribution in [0.5, 0.6) is 0 Å². The van der Waals surface area contributed by atoms with Crippen LogP contribution in [0.4, 0.5) is 17.6 Å². The molecule has 18 heavy (non-hydrogen) atoms. The molecule has 0 nitrogen and oxygen atoms in total. The van der Waals surface area contributed by atoms with E-state index in [9.17, 15) is 17.6 Å². The molecule has 1 rings (SSSR count). The van der Waals surface area contributed by atoms with E-state index >= 15 is 0 Å². The second-order valence-electron chi connectivity index (χ2n) is 4.52. The molecule has 0 aliphatic rings. The van der Waals surface area contributed by atoms with Gasteiger partial charge in [0.15, 0.2) is 23.3 Å². The van der Waals surface area contributed by atoms with Gasteiger partial charge in [0, 0.05) is 5.56 Å². The number of hydrogen-bond donors (Lipinski definition) is 0. The van der Waals surface area contributed by atoms with Crippen molar-refractivity contribution in [3.63, 3.8) is 0 Å². The SMILES string of the molecule is BC(CC)(CC)c1c(F)c(F)c(C=C)c(F)c1F. The van der Waals surface area contributed by atoms with Crippen LogP contribution in [-0.4, -0.2) is 7.85 Å². The van der Waals surface area contributed by atoms with Gasteiger partial charge in [0.05, 0.1) is 5.56 Å². The van der Waals surface area contributed by atoms with E-state index in [4.69, 9.17) is 0 Å². The molecule has 0 unspecified atom stereocenters. The fourth-order valence-electron chi connectivity index (χ4n) is 1.96. The van der Waals surface area contributed by atoms with Gasteiger partial charge in [0.1, 0.15) is 7.85 Å². The van der Waals surface area contributed by atoms with E-state index in [0.29, 0.717) is 12.8 Å². The average Bonchev–Trinajstić information content (AvgIpc) is 2.37. The second kappa shape index (κ2) is 5.16. The lowest BCUT2D eigenvalue weighted by Gasteiger charge is -2.29. The lowest BCUT2D eigenvalue weighted by atomic mass is 9.60. The maximum Gasteiger partial charge on any atom is 0.169 e. The summed E-state index contributed by atoms with van der Waals surface area (Å²) in [6.07, 6.45) is 1.53. The molecule has 1 aromatic carbocycles. The zero-order chi connectivity index (χ0) is 14.1. The molecule has 0 saturated heterocycles. The molecular formula is C13H15BF4. The van der Waals surface area contributed by atoms with Gasteiger partial charge in [-0.05, 0) is 5.31 Å². The molecule has 0 radical (unpaired) electrons. The van der Waals surface area contributed by atoms with Gasteiger partial charge < -0.3 is 0 Å². The summed E-state index contributed by atoms with van der Waals surface area (Å²) in [5.74, 6) is -5.41. The number of benzene rings is 1. The third-order valence-corrected chi connectivity index (χ3v) is 3.67. The summed E-state index contributed by atoms with van der Waals surface area (Å²) in [5, 5.41) is -0.935. The Bertz CT molecular complexity index is 449. The van der Waals surface area contributed by atoms with E-state index in [1.54, 1.807) is 21.7 Å². The van der Waals surface area contributed by atoms with Gasteiger partial charge >= 0.3 is 0 Å². The highest BCUT2D eigenvalue weighted by atomic mass is 19.2. The minimum Gasteiger partial charge on any atom is -0.203 e. The summed E-state index contributed by atoms with van der Waals surface area (Å²) in [6, 6.07) is 0. The largest absolute Gasteiger partial charge is 0.203 e. The molecule has 0 fully saturated rings. The van der Waals surface area contributed by atoms with Crippen molar-refractivity contribution in [2.45, 2.75) is 32.0 Å². The van der Waals surface area contributed by atoms with Gasteiger partial charge in [-0.2, -0.15) is 0 Å². The fraction of sp³-hybridized carbons (Fsp3) is 0.385. The van der Waals surface area contributed by atoms with E-state index in [1.165, 1.54) is 0 Å². The van der Waals surface area contributed by atoms with Crippen LogP contribution in [0.3, 0.4) is 0 Å². The topological polar surface area (TPSA) is 0 Å². The van der Waals surface area contributed by atoms with E-state index in [0.717, 1.165) is 6.08 Å². The Morgan fingerprint density at radius 1 is 1.00 bits per heavy atom. The maximum absolute atomic E-state index is 13.9. The minimum atomic E-state index is -1.38. The summed E-state index contributed by atoms with van der Waals surface area (Å²) in [7, 11) is 1.58. The number of rotatable bonds is 4. The van der Waals surface area contributed by atoms with Gasteiger partial charge in [-0.3, -0.25) is 0 Å². The van der Waals surface area contributed by atoms with Crippen molar-refractivity contribution >= 4 is 13.9 Å². The Kier molecular flexibility index (Phi) is 4.25. The van der Waals surface area contributed by atoms with Gasteiger partial charge in [0.2, 0.25) is 0 Å². The zero-order valence-electron chi connectivity index (χ0n) is 10.7. The van der Waals surface area contributed by atoms with Gasteiger partial charge in [-0.1, -0.05) is 39.3 Å². The zero-order valence-corrected chi connectivity index (χ0v) is 10.7. The second-order valence-corrected chi connectivity index (χ2v) is 4.52. The molecule has 5 heteroatoms. The van der Waals surface area contributed by atoms with Crippen molar-refractivity contribution in [1.82, 2.24) is 0 Å². The lowest BCUT2D eigenvalue weighted by molar-refractivity contribution is 0.403. The molecule has 1 aromatic rings. The molecule has 0 saturated carbocycles. The molecule has 0 aliphatic heterocycles. The molecule has 0 heterocycles. The average molecular weight is 258 g/mol. The number of halogens is 4. The summed E-state index contributed by atoms with van der Waals surface area (Å²) < 4.78 is 55.2. The highest BCUT2D eigenvalue weighted by Gasteiger charge is 2.34. The quantitative estimate of drug-likeness (QED) is 0.440. The Balaban J connectivity index is 3.72. The Hall–Kier alpha value is -1.26. The smallest absolute Gasteiger partial charge is 0.169 e. The predicted molar refractivity (Wildman–Crippen MR) is 67.2 cm³/mol. The van der Waals surface area contributed by atoms with Crippen molar-refractivity contribution in [2.75, 3.05) is 0 Å².